The normalized spacial score (nSPS) is 41.3. The molecule has 0 aliphatic heterocycles. The third-order valence-corrected chi connectivity index (χ3v) is 5.94. The minimum absolute atomic E-state index is 0.340. The van der Waals surface area contributed by atoms with E-state index in [1.807, 2.05) is 12.3 Å². The Morgan fingerprint density at radius 1 is 1.11 bits per heavy atom. The van der Waals surface area contributed by atoms with Crippen LogP contribution in [0.15, 0.2) is 12.3 Å². The molecular formula is C15H19BrN2. The smallest absolute Gasteiger partial charge is 0.134 e. The number of alkyl halides is 1. The summed E-state index contributed by atoms with van der Waals surface area (Å²) >= 11 is 3.51. The SMILES string of the molecule is BrCc1ccnc(C23CC4CC(CC(C4)C2)C3)n1. The van der Waals surface area contributed by atoms with Crippen molar-refractivity contribution in [2.24, 2.45) is 17.8 Å². The highest BCUT2D eigenvalue weighted by atomic mass is 79.9. The van der Waals surface area contributed by atoms with Crippen molar-refractivity contribution in [2.45, 2.75) is 49.3 Å². The highest BCUT2D eigenvalue weighted by Gasteiger charge is 2.53. The van der Waals surface area contributed by atoms with Crippen LogP contribution in [-0.2, 0) is 10.7 Å². The van der Waals surface area contributed by atoms with Gasteiger partial charge in [-0.25, -0.2) is 9.97 Å². The van der Waals surface area contributed by atoms with Crippen LogP contribution in [0.2, 0.25) is 0 Å². The van der Waals surface area contributed by atoms with Gasteiger partial charge in [-0.2, -0.15) is 0 Å². The molecule has 18 heavy (non-hydrogen) atoms. The second-order valence-electron chi connectivity index (χ2n) is 6.70. The second kappa shape index (κ2) is 4.03. The summed E-state index contributed by atoms with van der Waals surface area (Å²) in [5.41, 5.74) is 1.48. The third-order valence-electron chi connectivity index (χ3n) is 5.36. The van der Waals surface area contributed by atoms with Crippen LogP contribution in [0.5, 0.6) is 0 Å². The zero-order chi connectivity index (χ0) is 12.2. The molecule has 1 aromatic heterocycles. The van der Waals surface area contributed by atoms with Gasteiger partial charge in [0.1, 0.15) is 5.82 Å². The van der Waals surface area contributed by atoms with Crippen molar-refractivity contribution in [3.63, 3.8) is 0 Å². The van der Waals surface area contributed by atoms with E-state index < -0.39 is 0 Å². The first-order chi connectivity index (χ1) is 8.77. The topological polar surface area (TPSA) is 25.8 Å². The molecular weight excluding hydrogens is 288 g/mol. The Hall–Kier alpha value is -0.440. The molecule has 4 bridgehead atoms. The molecule has 5 rings (SSSR count). The first kappa shape index (κ1) is 11.4. The predicted molar refractivity (Wildman–Crippen MR) is 74.5 cm³/mol. The molecule has 4 fully saturated rings. The van der Waals surface area contributed by atoms with Crippen molar-refractivity contribution in [1.82, 2.24) is 9.97 Å². The molecule has 0 saturated heterocycles. The summed E-state index contributed by atoms with van der Waals surface area (Å²) in [7, 11) is 0. The van der Waals surface area contributed by atoms with E-state index in [9.17, 15) is 0 Å². The molecule has 96 valence electrons. The van der Waals surface area contributed by atoms with Crippen molar-refractivity contribution in [3.05, 3.63) is 23.8 Å². The van der Waals surface area contributed by atoms with Crippen LogP contribution in [0.1, 0.15) is 50.0 Å². The first-order valence-corrected chi connectivity index (χ1v) is 8.28. The van der Waals surface area contributed by atoms with E-state index in [2.05, 4.69) is 20.9 Å². The molecule has 1 aromatic rings. The highest BCUT2D eigenvalue weighted by Crippen LogP contribution is 2.60. The van der Waals surface area contributed by atoms with Crippen LogP contribution in [-0.4, -0.2) is 9.97 Å². The number of rotatable bonds is 2. The summed E-state index contributed by atoms with van der Waals surface area (Å²) in [6, 6.07) is 2.03. The van der Waals surface area contributed by atoms with Gasteiger partial charge >= 0.3 is 0 Å². The van der Waals surface area contributed by atoms with E-state index >= 15 is 0 Å². The fraction of sp³-hybridized carbons (Fsp3) is 0.733. The van der Waals surface area contributed by atoms with Gasteiger partial charge in [-0.3, -0.25) is 0 Å². The molecule has 4 aliphatic carbocycles. The van der Waals surface area contributed by atoms with Crippen LogP contribution in [0, 0.1) is 17.8 Å². The largest absolute Gasteiger partial charge is 0.241 e. The van der Waals surface area contributed by atoms with Crippen LogP contribution >= 0.6 is 15.9 Å². The molecule has 4 saturated carbocycles. The number of hydrogen-bond donors (Lipinski definition) is 0. The lowest BCUT2D eigenvalue weighted by Crippen LogP contribution is -2.49. The van der Waals surface area contributed by atoms with Crippen molar-refractivity contribution in [3.8, 4) is 0 Å². The Morgan fingerprint density at radius 3 is 2.28 bits per heavy atom. The lowest BCUT2D eigenvalue weighted by molar-refractivity contribution is -0.00947. The van der Waals surface area contributed by atoms with Crippen LogP contribution < -0.4 is 0 Å². The van der Waals surface area contributed by atoms with Gasteiger partial charge in [0.25, 0.3) is 0 Å². The van der Waals surface area contributed by atoms with Gasteiger partial charge in [0.2, 0.25) is 0 Å². The van der Waals surface area contributed by atoms with Gasteiger partial charge in [-0.05, 0) is 62.3 Å². The van der Waals surface area contributed by atoms with Gasteiger partial charge < -0.3 is 0 Å². The Balaban J connectivity index is 1.74. The van der Waals surface area contributed by atoms with Crippen LogP contribution in [0.4, 0.5) is 0 Å². The highest BCUT2D eigenvalue weighted by molar-refractivity contribution is 9.08. The average Bonchev–Trinajstić information content (AvgIpc) is 2.37. The number of halogens is 1. The fourth-order valence-electron chi connectivity index (χ4n) is 5.11. The predicted octanol–water partition coefficient (Wildman–Crippen LogP) is 3.84. The summed E-state index contributed by atoms with van der Waals surface area (Å²) in [5, 5.41) is 0.842. The second-order valence-corrected chi connectivity index (χ2v) is 7.26. The molecule has 0 spiro atoms. The van der Waals surface area contributed by atoms with Crippen molar-refractivity contribution in [1.29, 1.82) is 0 Å². The standard InChI is InChI=1S/C15H19BrN2/c16-9-13-1-2-17-14(18-13)15-6-10-3-11(7-15)5-12(4-10)8-15/h1-2,10-12H,3-9H2. The minimum Gasteiger partial charge on any atom is -0.241 e. The Bertz CT molecular complexity index is 436. The monoisotopic (exact) mass is 306 g/mol. The summed E-state index contributed by atoms with van der Waals surface area (Å²) < 4.78 is 0. The maximum atomic E-state index is 4.82. The number of hydrogen-bond acceptors (Lipinski definition) is 2. The third kappa shape index (κ3) is 1.66. The lowest BCUT2D eigenvalue weighted by Gasteiger charge is -2.56. The van der Waals surface area contributed by atoms with Crippen molar-refractivity contribution < 1.29 is 0 Å². The molecule has 3 heteroatoms. The summed E-state index contributed by atoms with van der Waals surface area (Å²) in [6.07, 6.45) is 10.5. The van der Waals surface area contributed by atoms with Gasteiger partial charge in [-0.15, -0.1) is 0 Å². The minimum atomic E-state index is 0.340. The van der Waals surface area contributed by atoms with Gasteiger partial charge in [0, 0.05) is 16.9 Å². The van der Waals surface area contributed by atoms with E-state index in [1.54, 1.807) is 0 Å². The summed E-state index contributed by atoms with van der Waals surface area (Å²) in [6.45, 7) is 0. The quantitative estimate of drug-likeness (QED) is 0.776. The van der Waals surface area contributed by atoms with E-state index in [0.717, 1.165) is 34.6 Å². The average molecular weight is 307 g/mol. The van der Waals surface area contributed by atoms with E-state index in [0.29, 0.717) is 5.41 Å². The molecule has 0 amide bonds. The zero-order valence-corrected chi connectivity index (χ0v) is 12.2. The summed E-state index contributed by atoms with van der Waals surface area (Å²) in [5.74, 6) is 4.05. The van der Waals surface area contributed by atoms with E-state index in [-0.39, 0.29) is 0 Å². The Morgan fingerprint density at radius 2 is 1.72 bits per heavy atom. The number of nitrogens with zero attached hydrogens (tertiary/aromatic N) is 2. The maximum absolute atomic E-state index is 4.82. The molecule has 1 heterocycles. The Kier molecular flexibility index (Phi) is 2.55. The van der Waals surface area contributed by atoms with E-state index in [4.69, 9.17) is 4.98 Å². The zero-order valence-electron chi connectivity index (χ0n) is 10.6. The molecule has 0 aromatic carbocycles. The molecule has 0 atom stereocenters. The molecule has 0 radical (unpaired) electrons. The van der Waals surface area contributed by atoms with Gasteiger partial charge in [0.15, 0.2) is 0 Å². The lowest BCUT2D eigenvalue weighted by atomic mass is 9.49. The number of aromatic nitrogens is 2. The first-order valence-electron chi connectivity index (χ1n) is 7.16. The van der Waals surface area contributed by atoms with Crippen LogP contribution in [0.25, 0.3) is 0 Å². The van der Waals surface area contributed by atoms with Crippen molar-refractivity contribution in [2.75, 3.05) is 0 Å². The van der Waals surface area contributed by atoms with E-state index in [1.165, 1.54) is 38.5 Å². The Labute approximate surface area is 117 Å². The van der Waals surface area contributed by atoms with Crippen molar-refractivity contribution >= 4 is 15.9 Å². The maximum Gasteiger partial charge on any atom is 0.134 e. The molecule has 0 N–H and O–H groups in total. The molecule has 2 nitrogen and oxygen atoms in total. The van der Waals surface area contributed by atoms with Crippen LogP contribution in [0.3, 0.4) is 0 Å². The molecule has 4 aliphatic rings. The molecule has 0 unspecified atom stereocenters. The van der Waals surface area contributed by atoms with Gasteiger partial charge in [0.05, 0.1) is 5.69 Å². The fourth-order valence-corrected chi connectivity index (χ4v) is 5.42. The summed E-state index contributed by atoms with van der Waals surface area (Å²) in [4.78, 5) is 9.47. The van der Waals surface area contributed by atoms with Gasteiger partial charge in [-0.1, -0.05) is 15.9 Å².